The average Bonchev–Trinajstić information content (AvgIpc) is 3.50. The largest absolute Gasteiger partial charge is 0.481 e. The molecule has 1 amide bonds. The lowest BCUT2D eigenvalue weighted by molar-refractivity contribution is -0.136. The summed E-state index contributed by atoms with van der Waals surface area (Å²) in [5.74, 6) is 1.11. The summed E-state index contributed by atoms with van der Waals surface area (Å²) in [6, 6.07) is 15.4. The second-order valence-electron chi connectivity index (χ2n) is 10.5. The molecule has 1 saturated heterocycles. The molecule has 3 aliphatic rings. The van der Waals surface area contributed by atoms with E-state index in [4.69, 9.17) is 10.1 Å². The maximum Gasteiger partial charge on any atom is 0.305 e. The highest BCUT2D eigenvalue weighted by Crippen LogP contribution is 2.33. The van der Waals surface area contributed by atoms with E-state index in [1.54, 1.807) is 5.56 Å². The summed E-state index contributed by atoms with van der Waals surface area (Å²) in [6.45, 7) is 5.14. The van der Waals surface area contributed by atoms with Crippen molar-refractivity contribution in [3.05, 3.63) is 59.3 Å². The van der Waals surface area contributed by atoms with Crippen LogP contribution in [-0.2, 0) is 22.4 Å². The van der Waals surface area contributed by atoms with Gasteiger partial charge in [0.25, 0.3) is 0 Å². The number of nitrogens with one attached hydrogen (secondary N) is 2. The number of aliphatic carboxylic acids is 1. The van der Waals surface area contributed by atoms with Crippen LogP contribution in [0.1, 0.15) is 86.9 Å². The summed E-state index contributed by atoms with van der Waals surface area (Å²) in [5.41, 5.74) is 4.20. The number of pyridine rings is 1. The summed E-state index contributed by atoms with van der Waals surface area (Å²) in [5, 5.41) is 13.6. The van der Waals surface area contributed by atoms with Gasteiger partial charge in [-0.1, -0.05) is 55.7 Å². The van der Waals surface area contributed by atoms with Crippen LogP contribution >= 0.6 is 0 Å². The summed E-state index contributed by atoms with van der Waals surface area (Å²) < 4.78 is 0. The smallest absolute Gasteiger partial charge is 0.305 e. The van der Waals surface area contributed by atoms with Gasteiger partial charge in [0.1, 0.15) is 5.82 Å². The van der Waals surface area contributed by atoms with Gasteiger partial charge in [-0.3, -0.25) is 9.59 Å². The van der Waals surface area contributed by atoms with E-state index in [-0.39, 0.29) is 13.0 Å². The first-order chi connectivity index (χ1) is 18.7. The second kappa shape index (κ2) is 17.6. The Morgan fingerprint density at radius 1 is 1.03 bits per heavy atom. The van der Waals surface area contributed by atoms with Crippen molar-refractivity contribution in [3.63, 3.8) is 0 Å². The van der Waals surface area contributed by atoms with E-state index in [9.17, 15) is 9.59 Å². The number of aryl methyl sites for hydroxylation is 2. The standard InChI is InChI=1S/C16H25N3.C11H14.C4H7NO3/c1-2-11-19(12-3-1)13-5-7-15-9-8-14-6-4-10-17-16(14)18-15;1-2-6-10(7-3-1)11-8-4-5-9-11;6-3-5-2-1-4(7)8/h8-9H,1-7,10-13H2,(H,17,18);1-3,6-7,11H,4-5,8-9H2;3H,1-2H2,(H,5,6)(H,7,8). The average molecular weight is 523 g/mol. The van der Waals surface area contributed by atoms with Crippen LogP contribution < -0.4 is 10.6 Å². The molecule has 1 aromatic heterocycles. The van der Waals surface area contributed by atoms with E-state index < -0.39 is 5.97 Å². The topological polar surface area (TPSA) is 94.6 Å². The first kappa shape index (κ1) is 29.6. The van der Waals surface area contributed by atoms with Crippen molar-refractivity contribution >= 4 is 18.2 Å². The highest BCUT2D eigenvalue weighted by atomic mass is 16.4. The molecule has 0 radical (unpaired) electrons. The fraction of sp³-hybridized carbons (Fsp3) is 0.581. The van der Waals surface area contributed by atoms with Gasteiger partial charge in [0.15, 0.2) is 0 Å². The number of nitrogens with zero attached hydrogens (tertiary/aromatic N) is 2. The van der Waals surface area contributed by atoms with Gasteiger partial charge in [-0.15, -0.1) is 0 Å². The third-order valence-corrected chi connectivity index (χ3v) is 7.50. The Morgan fingerprint density at radius 2 is 1.79 bits per heavy atom. The molecule has 1 saturated carbocycles. The van der Waals surface area contributed by atoms with Crippen LogP contribution in [0.2, 0.25) is 0 Å². The molecule has 2 aliphatic heterocycles. The van der Waals surface area contributed by atoms with E-state index in [2.05, 4.69) is 58.0 Å². The molecule has 1 aliphatic carbocycles. The molecule has 0 unspecified atom stereocenters. The van der Waals surface area contributed by atoms with E-state index >= 15 is 0 Å². The highest BCUT2D eigenvalue weighted by Gasteiger charge is 2.16. The molecule has 2 fully saturated rings. The van der Waals surface area contributed by atoms with Crippen molar-refractivity contribution in [2.24, 2.45) is 0 Å². The molecule has 3 N–H and O–H groups in total. The summed E-state index contributed by atoms with van der Waals surface area (Å²) in [7, 11) is 0. The number of piperidine rings is 1. The van der Waals surface area contributed by atoms with Crippen LogP contribution in [0.15, 0.2) is 42.5 Å². The van der Waals surface area contributed by atoms with Gasteiger partial charge in [0.05, 0.1) is 6.42 Å². The predicted molar refractivity (Wildman–Crippen MR) is 154 cm³/mol. The third-order valence-electron chi connectivity index (χ3n) is 7.50. The van der Waals surface area contributed by atoms with Crippen molar-refractivity contribution in [2.75, 3.05) is 38.0 Å². The van der Waals surface area contributed by atoms with Crippen LogP contribution in [-0.4, -0.2) is 60.1 Å². The van der Waals surface area contributed by atoms with Gasteiger partial charge < -0.3 is 20.6 Å². The number of carboxylic acid groups (broad SMARTS) is 1. The Hall–Kier alpha value is -2.93. The molecule has 1 aromatic carbocycles. The Labute approximate surface area is 228 Å². The fourth-order valence-corrected chi connectivity index (χ4v) is 5.40. The van der Waals surface area contributed by atoms with Gasteiger partial charge in [0.2, 0.25) is 6.41 Å². The minimum absolute atomic E-state index is 0.0151. The number of hydrogen-bond donors (Lipinski definition) is 3. The number of hydrogen-bond acceptors (Lipinski definition) is 5. The lowest BCUT2D eigenvalue weighted by Gasteiger charge is -2.26. The molecule has 0 bridgehead atoms. The second-order valence-corrected chi connectivity index (χ2v) is 10.5. The molecule has 0 atom stereocenters. The molecule has 2 aromatic rings. The van der Waals surface area contributed by atoms with E-state index in [1.807, 2.05) is 0 Å². The maximum absolute atomic E-state index is 9.72. The molecule has 38 heavy (non-hydrogen) atoms. The quantitative estimate of drug-likeness (QED) is 0.301. The summed E-state index contributed by atoms with van der Waals surface area (Å²) >= 11 is 0. The van der Waals surface area contributed by atoms with Crippen molar-refractivity contribution in [1.29, 1.82) is 0 Å². The Kier molecular flexibility index (Phi) is 13.7. The van der Waals surface area contributed by atoms with Crippen LogP contribution in [0, 0.1) is 0 Å². The van der Waals surface area contributed by atoms with Crippen molar-refractivity contribution in [1.82, 2.24) is 15.2 Å². The van der Waals surface area contributed by atoms with Gasteiger partial charge in [0, 0.05) is 18.8 Å². The van der Waals surface area contributed by atoms with E-state index in [1.165, 1.54) is 95.1 Å². The molecular formula is C31H46N4O3. The van der Waals surface area contributed by atoms with Crippen LogP contribution in [0.4, 0.5) is 5.82 Å². The molecule has 3 heterocycles. The minimum atomic E-state index is -0.903. The highest BCUT2D eigenvalue weighted by molar-refractivity contribution is 5.67. The number of amides is 1. The Morgan fingerprint density at radius 3 is 2.50 bits per heavy atom. The van der Waals surface area contributed by atoms with Crippen molar-refractivity contribution in [3.8, 4) is 0 Å². The number of likely N-dealkylation sites (tertiary alicyclic amines) is 1. The lowest BCUT2D eigenvalue weighted by atomic mass is 9.98. The van der Waals surface area contributed by atoms with Gasteiger partial charge >= 0.3 is 5.97 Å². The fourth-order valence-electron chi connectivity index (χ4n) is 5.40. The molecular weight excluding hydrogens is 476 g/mol. The number of rotatable bonds is 9. The molecule has 0 spiro atoms. The number of aromatic nitrogens is 1. The number of carbonyl (C=O) groups excluding carboxylic acids is 1. The number of carboxylic acids is 1. The maximum atomic E-state index is 9.72. The summed E-state index contributed by atoms with van der Waals surface area (Å²) in [6.07, 6.45) is 15.1. The van der Waals surface area contributed by atoms with Gasteiger partial charge in [-0.25, -0.2) is 4.98 Å². The molecule has 7 heteroatoms. The van der Waals surface area contributed by atoms with Crippen molar-refractivity contribution in [2.45, 2.75) is 83.0 Å². The first-order valence-electron chi connectivity index (χ1n) is 14.5. The van der Waals surface area contributed by atoms with Crippen LogP contribution in [0.3, 0.4) is 0 Å². The molecule has 5 rings (SSSR count). The number of benzene rings is 1. The molecule has 208 valence electrons. The van der Waals surface area contributed by atoms with Gasteiger partial charge in [-0.2, -0.15) is 0 Å². The Bertz CT molecular complexity index is 941. The zero-order valence-corrected chi connectivity index (χ0v) is 22.9. The lowest BCUT2D eigenvalue weighted by Crippen LogP contribution is -2.30. The predicted octanol–water partition coefficient (Wildman–Crippen LogP) is 5.41. The first-order valence-corrected chi connectivity index (χ1v) is 14.5. The Balaban J connectivity index is 0.000000178. The van der Waals surface area contributed by atoms with Crippen LogP contribution in [0.25, 0.3) is 0 Å². The van der Waals surface area contributed by atoms with E-state index in [0.29, 0.717) is 6.41 Å². The normalized spacial score (nSPS) is 17.1. The number of carbonyl (C=O) groups is 2. The van der Waals surface area contributed by atoms with Crippen LogP contribution in [0.5, 0.6) is 0 Å². The number of anilines is 1. The van der Waals surface area contributed by atoms with E-state index in [0.717, 1.165) is 24.7 Å². The monoisotopic (exact) mass is 522 g/mol. The third kappa shape index (κ3) is 11.2. The minimum Gasteiger partial charge on any atom is -0.481 e. The van der Waals surface area contributed by atoms with Crippen molar-refractivity contribution < 1.29 is 14.7 Å². The summed E-state index contributed by atoms with van der Waals surface area (Å²) in [4.78, 5) is 26.6. The number of fused-ring (bicyclic) bond motifs is 1. The SMILES string of the molecule is O=CNCCC(=O)O.c1cc2c(nc1CCCN1CCCCC1)NCCC2.c1ccc(C2CCCC2)cc1. The molecule has 7 nitrogen and oxygen atoms in total. The van der Waals surface area contributed by atoms with Gasteiger partial charge in [-0.05, 0) is 94.1 Å². The zero-order valence-electron chi connectivity index (χ0n) is 22.9. The zero-order chi connectivity index (χ0) is 26.8.